The minimum Gasteiger partial charge on any atom is -0.492 e. The summed E-state index contributed by atoms with van der Waals surface area (Å²) in [6.07, 6.45) is 2.05. The van der Waals surface area contributed by atoms with Crippen molar-refractivity contribution >= 4 is 5.91 Å². The standard InChI is InChI=1S/C15H18N2O2/c1-12-4-3-7-17(15(12)18)8-9-19-14-6-2-5-13(10-14)11-16/h2,5-6,10,12H,3-4,7-9H2,1H3. The highest BCUT2D eigenvalue weighted by Crippen LogP contribution is 2.17. The maximum atomic E-state index is 11.9. The van der Waals surface area contributed by atoms with Gasteiger partial charge in [0.15, 0.2) is 0 Å². The van der Waals surface area contributed by atoms with Crippen LogP contribution in [-0.2, 0) is 4.79 Å². The van der Waals surface area contributed by atoms with Crippen molar-refractivity contribution in [1.82, 2.24) is 4.90 Å². The van der Waals surface area contributed by atoms with E-state index in [1.807, 2.05) is 17.9 Å². The predicted molar refractivity (Wildman–Crippen MR) is 71.6 cm³/mol. The van der Waals surface area contributed by atoms with Crippen LogP contribution in [0.4, 0.5) is 0 Å². The third-order valence-corrected chi connectivity index (χ3v) is 3.39. The molecule has 0 spiro atoms. The van der Waals surface area contributed by atoms with Crippen LogP contribution in [0.2, 0.25) is 0 Å². The molecule has 0 N–H and O–H groups in total. The summed E-state index contributed by atoms with van der Waals surface area (Å²) >= 11 is 0. The first-order valence-corrected chi connectivity index (χ1v) is 6.62. The molecule has 0 aliphatic carbocycles. The van der Waals surface area contributed by atoms with Crippen molar-refractivity contribution in [2.45, 2.75) is 19.8 Å². The second kappa shape index (κ2) is 6.24. The molecule has 0 bridgehead atoms. The first-order chi connectivity index (χ1) is 9.20. The van der Waals surface area contributed by atoms with E-state index in [4.69, 9.17) is 10.00 Å². The average Bonchev–Trinajstić information content (AvgIpc) is 2.44. The summed E-state index contributed by atoms with van der Waals surface area (Å²) in [5.41, 5.74) is 0.583. The maximum absolute atomic E-state index is 11.9. The molecule has 0 radical (unpaired) electrons. The van der Waals surface area contributed by atoms with Crippen LogP contribution in [0.25, 0.3) is 0 Å². The molecule has 2 rings (SSSR count). The lowest BCUT2D eigenvalue weighted by Crippen LogP contribution is -2.42. The highest BCUT2D eigenvalue weighted by Gasteiger charge is 2.24. The van der Waals surface area contributed by atoms with Gasteiger partial charge >= 0.3 is 0 Å². The molecular formula is C15H18N2O2. The van der Waals surface area contributed by atoms with Crippen molar-refractivity contribution in [3.63, 3.8) is 0 Å². The number of nitriles is 1. The Labute approximate surface area is 113 Å². The van der Waals surface area contributed by atoms with Crippen LogP contribution in [0.15, 0.2) is 24.3 Å². The van der Waals surface area contributed by atoms with Gasteiger partial charge < -0.3 is 9.64 Å². The van der Waals surface area contributed by atoms with Crippen LogP contribution < -0.4 is 4.74 Å². The lowest BCUT2D eigenvalue weighted by atomic mass is 9.99. The molecule has 1 heterocycles. The Morgan fingerprint density at radius 2 is 2.37 bits per heavy atom. The Balaban J connectivity index is 1.83. The first-order valence-electron chi connectivity index (χ1n) is 6.62. The topological polar surface area (TPSA) is 53.3 Å². The van der Waals surface area contributed by atoms with Crippen LogP contribution in [0.3, 0.4) is 0 Å². The summed E-state index contributed by atoms with van der Waals surface area (Å²) in [6, 6.07) is 9.14. The molecule has 1 aliphatic heterocycles. The molecule has 1 fully saturated rings. The van der Waals surface area contributed by atoms with Gasteiger partial charge in [0.2, 0.25) is 5.91 Å². The normalized spacial score (nSPS) is 19.1. The van der Waals surface area contributed by atoms with E-state index in [-0.39, 0.29) is 11.8 Å². The number of hydrogen-bond donors (Lipinski definition) is 0. The predicted octanol–water partition coefficient (Wildman–Crippen LogP) is 2.20. The molecule has 4 heteroatoms. The third kappa shape index (κ3) is 3.47. The van der Waals surface area contributed by atoms with E-state index < -0.39 is 0 Å². The minimum absolute atomic E-state index is 0.135. The zero-order chi connectivity index (χ0) is 13.7. The lowest BCUT2D eigenvalue weighted by Gasteiger charge is -2.30. The van der Waals surface area contributed by atoms with E-state index >= 15 is 0 Å². The Kier molecular flexibility index (Phi) is 4.40. The fourth-order valence-corrected chi connectivity index (χ4v) is 2.28. The number of amides is 1. The van der Waals surface area contributed by atoms with Gasteiger partial charge in [0.25, 0.3) is 0 Å². The molecule has 0 saturated carbocycles. The molecule has 1 atom stereocenters. The number of nitrogens with zero attached hydrogens (tertiary/aromatic N) is 2. The van der Waals surface area contributed by atoms with Gasteiger partial charge in [-0.3, -0.25) is 4.79 Å². The van der Waals surface area contributed by atoms with Crippen LogP contribution in [0.1, 0.15) is 25.3 Å². The highest BCUT2D eigenvalue weighted by molar-refractivity contribution is 5.79. The summed E-state index contributed by atoms with van der Waals surface area (Å²) in [5.74, 6) is 1.04. The summed E-state index contributed by atoms with van der Waals surface area (Å²) in [7, 11) is 0. The molecule has 1 aliphatic rings. The molecule has 1 unspecified atom stereocenters. The second-order valence-electron chi connectivity index (χ2n) is 4.86. The summed E-state index contributed by atoms with van der Waals surface area (Å²) < 4.78 is 5.59. The summed E-state index contributed by atoms with van der Waals surface area (Å²) in [6.45, 7) is 3.88. The highest BCUT2D eigenvalue weighted by atomic mass is 16.5. The molecule has 1 aromatic carbocycles. The largest absolute Gasteiger partial charge is 0.492 e. The number of ether oxygens (including phenoxy) is 1. The van der Waals surface area contributed by atoms with E-state index in [0.717, 1.165) is 19.4 Å². The summed E-state index contributed by atoms with van der Waals surface area (Å²) in [5, 5.41) is 8.80. The number of carbonyl (C=O) groups excluding carboxylic acids is 1. The van der Waals surface area contributed by atoms with Gasteiger partial charge in [-0.05, 0) is 31.0 Å². The molecule has 1 aromatic rings. The Bertz CT molecular complexity index is 493. The SMILES string of the molecule is CC1CCCN(CCOc2cccc(C#N)c2)C1=O. The fraction of sp³-hybridized carbons (Fsp3) is 0.467. The average molecular weight is 258 g/mol. The Morgan fingerprint density at radius 3 is 3.16 bits per heavy atom. The fourth-order valence-electron chi connectivity index (χ4n) is 2.28. The van der Waals surface area contributed by atoms with E-state index in [9.17, 15) is 4.79 Å². The van der Waals surface area contributed by atoms with Gasteiger partial charge in [0, 0.05) is 12.5 Å². The Morgan fingerprint density at radius 1 is 1.53 bits per heavy atom. The molecule has 4 nitrogen and oxygen atoms in total. The van der Waals surface area contributed by atoms with Crippen molar-refractivity contribution in [2.75, 3.05) is 19.7 Å². The van der Waals surface area contributed by atoms with Crippen molar-refractivity contribution in [3.8, 4) is 11.8 Å². The van der Waals surface area contributed by atoms with E-state index in [1.165, 1.54) is 0 Å². The van der Waals surface area contributed by atoms with Crippen LogP contribution in [-0.4, -0.2) is 30.5 Å². The van der Waals surface area contributed by atoms with Gasteiger partial charge in [-0.15, -0.1) is 0 Å². The number of hydrogen-bond acceptors (Lipinski definition) is 3. The molecule has 19 heavy (non-hydrogen) atoms. The van der Waals surface area contributed by atoms with E-state index in [1.54, 1.807) is 18.2 Å². The van der Waals surface area contributed by atoms with Gasteiger partial charge in [-0.1, -0.05) is 13.0 Å². The number of piperidine rings is 1. The Hall–Kier alpha value is -2.02. The van der Waals surface area contributed by atoms with Gasteiger partial charge in [-0.2, -0.15) is 5.26 Å². The van der Waals surface area contributed by atoms with Crippen molar-refractivity contribution < 1.29 is 9.53 Å². The second-order valence-corrected chi connectivity index (χ2v) is 4.86. The zero-order valence-electron chi connectivity index (χ0n) is 11.1. The van der Waals surface area contributed by atoms with E-state index in [2.05, 4.69) is 6.07 Å². The smallest absolute Gasteiger partial charge is 0.225 e. The first kappa shape index (κ1) is 13.4. The van der Waals surface area contributed by atoms with Gasteiger partial charge in [0.1, 0.15) is 12.4 Å². The van der Waals surface area contributed by atoms with E-state index in [0.29, 0.717) is 24.5 Å². The third-order valence-electron chi connectivity index (χ3n) is 3.39. The molecule has 100 valence electrons. The number of benzene rings is 1. The van der Waals surface area contributed by atoms with Gasteiger partial charge in [-0.25, -0.2) is 0 Å². The zero-order valence-corrected chi connectivity index (χ0v) is 11.1. The van der Waals surface area contributed by atoms with Crippen molar-refractivity contribution in [2.24, 2.45) is 5.92 Å². The van der Waals surface area contributed by atoms with Gasteiger partial charge in [0.05, 0.1) is 18.2 Å². The van der Waals surface area contributed by atoms with Crippen molar-refractivity contribution in [3.05, 3.63) is 29.8 Å². The minimum atomic E-state index is 0.135. The number of rotatable bonds is 4. The monoisotopic (exact) mass is 258 g/mol. The number of carbonyl (C=O) groups is 1. The quantitative estimate of drug-likeness (QED) is 0.832. The lowest BCUT2D eigenvalue weighted by molar-refractivity contribution is -0.138. The number of likely N-dealkylation sites (tertiary alicyclic amines) is 1. The van der Waals surface area contributed by atoms with Crippen molar-refractivity contribution in [1.29, 1.82) is 5.26 Å². The molecular weight excluding hydrogens is 240 g/mol. The maximum Gasteiger partial charge on any atom is 0.225 e. The molecule has 0 aromatic heterocycles. The van der Waals surface area contributed by atoms with Crippen LogP contribution in [0, 0.1) is 17.2 Å². The van der Waals surface area contributed by atoms with Crippen LogP contribution >= 0.6 is 0 Å². The van der Waals surface area contributed by atoms with Crippen LogP contribution in [0.5, 0.6) is 5.75 Å². The summed E-state index contributed by atoms with van der Waals surface area (Å²) in [4.78, 5) is 13.8. The molecule has 1 amide bonds. The molecule has 1 saturated heterocycles.